The van der Waals surface area contributed by atoms with Crippen LogP contribution in [0.5, 0.6) is 5.75 Å². The molecule has 0 amide bonds. The molecular formula is C28H27N5O3S. The summed E-state index contributed by atoms with van der Waals surface area (Å²) >= 11 is 0. The lowest BCUT2D eigenvalue weighted by Crippen LogP contribution is -2.47. The Hall–Kier alpha value is -4.16. The minimum Gasteiger partial charge on any atom is -0.495 e. The molecule has 0 unspecified atom stereocenters. The minimum absolute atomic E-state index is 0.0894. The zero-order chi connectivity index (χ0) is 26.0. The molecule has 5 rings (SSSR count). The first kappa shape index (κ1) is 24.5. The highest BCUT2D eigenvalue weighted by molar-refractivity contribution is 7.92. The van der Waals surface area contributed by atoms with Crippen molar-refractivity contribution in [2.75, 3.05) is 43.1 Å². The molecule has 2 heterocycles. The topological polar surface area (TPSA) is 99.4 Å². The molecule has 1 saturated heterocycles. The number of para-hydroxylation sites is 4. The van der Waals surface area contributed by atoms with E-state index in [9.17, 15) is 13.7 Å². The molecule has 0 spiro atoms. The maximum atomic E-state index is 13.6. The summed E-state index contributed by atoms with van der Waals surface area (Å²) in [6.07, 6.45) is 0. The molecule has 8 nitrogen and oxygen atoms in total. The number of nitrogens with zero attached hydrogens (tertiary/aromatic N) is 5. The van der Waals surface area contributed by atoms with Gasteiger partial charge in [0.2, 0.25) is 9.84 Å². The maximum Gasteiger partial charge on any atom is 0.200 e. The molecule has 0 N–H and O–H groups in total. The van der Waals surface area contributed by atoms with Crippen molar-refractivity contribution < 1.29 is 13.2 Å². The highest BCUT2D eigenvalue weighted by Crippen LogP contribution is 2.35. The highest BCUT2D eigenvalue weighted by atomic mass is 32.2. The van der Waals surface area contributed by atoms with Gasteiger partial charge in [0, 0.05) is 26.2 Å². The number of hydrogen-bond acceptors (Lipinski definition) is 8. The predicted molar refractivity (Wildman–Crippen MR) is 144 cm³/mol. The molecule has 1 aromatic heterocycles. The van der Waals surface area contributed by atoms with Crippen molar-refractivity contribution in [1.82, 2.24) is 9.97 Å². The van der Waals surface area contributed by atoms with Gasteiger partial charge < -0.3 is 14.5 Å². The van der Waals surface area contributed by atoms with Gasteiger partial charge in [-0.25, -0.2) is 18.4 Å². The van der Waals surface area contributed by atoms with E-state index in [1.807, 2.05) is 60.4 Å². The van der Waals surface area contributed by atoms with Crippen LogP contribution in [0.3, 0.4) is 0 Å². The zero-order valence-corrected chi connectivity index (χ0v) is 21.5. The fourth-order valence-electron chi connectivity index (χ4n) is 4.60. The fourth-order valence-corrected chi connectivity index (χ4v) is 5.98. The van der Waals surface area contributed by atoms with Crippen molar-refractivity contribution in [3.05, 3.63) is 84.1 Å². The minimum atomic E-state index is -4.03. The lowest BCUT2D eigenvalue weighted by Gasteiger charge is -2.38. The first-order valence-electron chi connectivity index (χ1n) is 12.0. The van der Waals surface area contributed by atoms with Gasteiger partial charge in [0.15, 0.2) is 11.1 Å². The molecule has 3 aromatic carbocycles. The average molecular weight is 514 g/mol. The largest absolute Gasteiger partial charge is 0.495 e. The van der Waals surface area contributed by atoms with E-state index < -0.39 is 15.1 Å². The third-order valence-corrected chi connectivity index (χ3v) is 8.49. The van der Waals surface area contributed by atoms with Gasteiger partial charge in [-0.05, 0) is 43.3 Å². The van der Waals surface area contributed by atoms with Crippen LogP contribution in [0.4, 0.5) is 11.5 Å². The van der Waals surface area contributed by atoms with Crippen LogP contribution in [0.25, 0.3) is 11.0 Å². The van der Waals surface area contributed by atoms with E-state index in [2.05, 4.69) is 4.90 Å². The van der Waals surface area contributed by atoms with Crippen molar-refractivity contribution >= 4 is 32.4 Å². The van der Waals surface area contributed by atoms with Gasteiger partial charge in [0.1, 0.15) is 11.4 Å². The van der Waals surface area contributed by atoms with Gasteiger partial charge in [-0.2, -0.15) is 5.26 Å². The second-order valence-corrected chi connectivity index (χ2v) is 11.0. The van der Waals surface area contributed by atoms with Crippen LogP contribution in [0.2, 0.25) is 0 Å². The van der Waals surface area contributed by atoms with Crippen LogP contribution >= 0.6 is 0 Å². The summed E-state index contributed by atoms with van der Waals surface area (Å²) in [6, 6.07) is 23.7. The van der Waals surface area contributed by atoms with E-state index >= 15 is 0 Å². The predicted octanol–water partition coefficient (Wildman–Crippen LogP) is 4.31. The Labute approximate surface area is 216 Å². The number of aryl methyl sites for hydroxylation is 1. The average Bonchev–Trinajstić information content (AvgIpc) is 2.93. The third kappa shape index (κ3) is 4.68. The second-order valence-electron chi connectivity index (χ2n) is 8.93. The Morgan fingerprint density at radius 3 is 2.11 bits per heavy atom. The number of sulfone groups is 1. The molecule has 0 radical (unpaired) electrons. The molecule has 4 aromatic rings. The van der Waals surface area contributed by atoms with E-state index in [1.54, 1.807) is 25.3 Å². The van der Waals surface area contributed by atoms with Gasteiger partial charge in [-0.15, -0.1) is 0 Å². The van der Waals surface area contributed by atoms with Gasteiger partial charge in [0.05, 0.1) is 34.8 Å². The normalized spacial score (nSPS) is 14.8. The Kier molecular flexibility index (Phi) is 6.68. The molecule has 0 saturated carbocycles. The maximum absolute atomic E-state index is 13.6. The van der Waals surface area contributed by atoms with Gasteiger partial charge in [0.25, 0.3) is 0 Å². The van der Waals surface area contributed by atoms with E-state index in [1.165, 1.54) is 12.1 Å². The first-order valence-corrected chi connectivity index (χ1v) is 13.6. The number of piperazine rings is 1. The van der Waals surface area contributed by atoms with Gasteiger partial charge in [-0.1, -0.05) is 42.0 Å². The Balaban J connectivity index is 1.53. The molecule has 1 fully saturated rings. The van der Waals surface area contributed by atoms with E-state index in [0.29, 0.717) is 43.0 Å². The van der Waals surface area contributed by atoms with Gasteiger partial charge >= 0.3 is 0 Å². The fraction of sp³-hybridized carbons (Fsp3) is 0.250. The van der Waals surface area contributed by atoms with Crippen LogP contribution in [-0.4, -0.2) is 51.7 Å². The van der Waals surface area contributed by atoms with Crippen LogP contribution in [0.1, 0.15) is 16.5 Å². The third-order valence-electron chi connectivity index (χ3n) is 6.61. The number of rotatable bonds is 6. The Morgan fingerprint density at radius 1 is 0.865 bits per heavy atom. The van der Waals surface area contributed by atoms with Crippen molar-refractivity contribution in [3.63, 3.8) is 0 Å². The number of nitriles is 1. The van der Waals surface area contributed by atoms with Crippen LogP contribution in [-0.2, 0) is 9.84 Å². The van der Waals surface area contributed by atoms with E-state index in [4.69, 9.17) is 14.7 Å². The Morgan fingerprint density at radius 2 is 1.46 bits per heavy atom. The molecule has 0 aliphatic carbocycles. The van der Waals surface area contributed by atoms with E-state index in [-0.39, 0.29) is 10.6 Å². The Bertz CT molecular complexity index is 1570. The van der Waals surface area contributed by atoms with Crippen LogP contribution in [0, 0.1) is 18.3 Å². The molecule has 1 aliphatic heterocycles. The summed E-state index contributed by atoms with van der Waals surface area (Å²) < 4.78 is 32.8. The van der Waals surface area contributed by atoms with Crippen molar-refractivity contribution in [2.45, 2.75) is 17.1 Å². The summed E-state index contributed by atoms with van der Waals surface area (Å²) in [5.74, 6) is 1.23. The number of fused-ring (bicyclic) bond motifs is 1. The SMILES string of the molecule is COc1ccccc1N1CCN(c2nc3ccccc3nc2[C@@H](C#N)S(=O)(=O)c2ccc(C)cc2)CC1. The monoisotopic (exact) mass is 513 g/mol. The van der Waals surface area contributed by atoms with Crippen molar-refractivity contribution in [1.29, 1.82) is 5.26 Å². The van der Waals surface area contributed by atoms with Gasteiger partial charge in [-0.3, -0.25) is 0 Å². The molecule has 0 bridgehead atoms. The molecule has 37 heavy (non-hydrogen) atoms. The van der Waals surface area contributed by atoms with Crippen LogP contribution in [0.15, 0.2) is 77.7 Å². The highest BCUT2D eigenvalue weighted by Gasteiger charge is 2.35. The smallest absolute Gasteiger partial charge is 0.200 e. The van der Waals surface area contributed by atoms with Crippen molar-refractivity contribution in [2.24, 2.45) is 0 Å². The molecule has 188 valence electrons. The summed E-state index contributed by atoms with van der Waals surface area (Å²) in [4.78, 5) is 13.9. The molecule has 9 heteroatoms. The molecule has 1 aliphatic rings. The number of methoxy groups -OCH3 is 1. The van der Waals surface area contributed by atoms with Crippen LogP contribution < -0.4 is 14.5 Å². The lowest BCUT2D eigenvalue weighted by atomic mass is 10.2. The number of anilines is 2. The number of ether oxygens (including phenoxy) is 1. The summed E-state index contributed by atoms with van der Waals surface area (Å²) in [6.45, 7) is 4.41. The standard InChI is InChI=1S/C28H27N5O3S/c1-20-11-13-21(14-12-20)37(34,35)26(19-29)27-28(31-23-8-4-3-7-22(23)30-27)33-17-15-32(16-18-33)24-9-5-6-10-25(24)36-2/h3-14,26H,15-18H2,1-2H3/t26-/m1/s1. The zero-order valence-electron chi connectivity index (χ0n) is 20.7. The number of benzene rings is 3. The van der Waals surface area contributed by atoms with Crippen molar-refractivity contribution in [3.8, 4) is 11.8 Å². The summed E-state index contributed by atoms with van der Waals surface area (Å²) in [5.41, 5.74) is 3.30. The molecular weight excluding hydrogens is 486 g/mol. The summed E-state index contributed by atoms with van der Waals surface area (Å²) in [7, 11) is -2.38. The second kappa shape index (κ2) is 10.1. The lowest BCUT2D eigenvalue weighted by molar-refractivity contribution is 0.413. The van der Waals surface area contributed by atoms with E-state index in [0.717, 1.165) is 17.0 Å². The summed E-state index contributed by atoms with van der Waals surface area (Å²) in [5, 5.41) is 8.65. The molecule has 1 atom stereocenters. The number of aromatic nitrogens is 2. The first-order chi connectivity index (χ1) is 17.9. The quantitative estimate of drug-likeness (QED) is 0.376. The number of hydrogen-bond donors (Lipinski definition) is 0.